The van der Waals surface area contributed by atoms with Crippen LogP contribution in [0.5, 0.6) is 0 Å². The molecule has 8 heteroatoms. The lowest BCUT2D eigenvalue weighted by Crippen LogP contribution is -2.32. The van der Waals surface area contributed by atoms with Gasteiger partial charge in [0.1, 0.15) is 0 Å². The fraction of sp³-hybridized carbons (Fsp3) is 0.438. The van der Waals surface area contributed by atoms with E-state index in [-0.39, 0.29) is 35.4 Å². The SMILES string of the molecule is CC(C)n1cnc(S(=O)(=O)N2C[C@@H](N)[C@H](c3ccccc3)C2)c1.Cl. The van der Waals surface area contributed by atoms with E-state index in [2.05, 4.69) is 4.98 Å². The zero-order valence-electron chi connectivity index (χ0n) is 13.7. The number of nitrogens with zero attached hydrogens (tertiary/aromatic N) is 3. The Labute approximate surface area is 149 Å². The first-order valence-corrected chi connectivity index (χ1v) is 9.17. The lowest BCUT2D eigenvalue weighted by atomic mass is 9.95. The van der Waals surface area contributed by atoms with E-state index in [1.807, 2.05) is 44.2 Å². The second-order valence-corrected chi connectivity index (χ2v) is 8.14. The molecule has 2 atom stereocenters. The molecule has 132 valence electrons. The Hall–Kier alpha value is -1.41. The van der Waals surface area contributed by atoms with Crippen LogP contribution in [0.25, 0.3) is 0 Å². The molecule has 0 amide bonds. The summed E-state index contributed by atoms with van der Waals surface area (Å²) in [6.07, 6.45) is 3.14. The second kappa shape index (κ2) is 7.23. The highest BCUT2D eigenvalue weighted by molar-refractivity contribution is 7.89. The molecule has 0 aliphatic carbocycles. The van der Waals surface area contributed by atoms with Crippen LogP contribution in [0.1, 0.15) is 31.4 Å². The maximum absolute atomic E-state index is 12.8. The van der Waals surface area contributed by atoms with Crippen LogP contribution >= 0.6 is 12.4 Å². The maximum atomic E-state index is 12.8. The summed E-state index contributed by atoms with van der Waals surface area (Å²) in [6.45, 7) is 4.67. The van der Waals surface area contributed by atoms with Crippen molar-refractivity contribution >= 4 is 22.4 Å². The Morgan fingerprint density at radius 3 is 2.46 bits per heavy atom. The van der Waals surface area contributed by atoms with E-state index in [4.69, 9.17) is 5.73 Å². The molecule has 0 spiro atoms. The summed E-state index contributed by atoms with van der Waals surface area (Å²) in [5, 5.41) is 0.0899. The monoisotopic (exact) mass is 370 g/mol. The van der Waals surface area contributed by atoms with E-state index >= 15 is 0 Å². The lowest BCUT2D eigenvalue weighted by molar-refractivity contribution is 0.467. The van der Waals surface area contributed by atoms with Crippen molar-refractivity contribution in [2.75, 3.05) is 13.1 Å². The molecule has 0 unspecified atom stereocenters. The van der Waals surface area contributed by atoms with Gasteiger partial charge < -0.3 is 10.3 Å². The van der Waals surface area contributed by atoms with Crippen molar-refractivity contribution in [2.45, 2.75) is 36.9 Å². The number of benzene rings is 1. The van der Waals surface area contributed by atoms with Crippen LogP contribution in [0.3, 0.4) is 0 Å². The van der Waals surface area contributed by atoms with Crippen LogP contribution in [0.4, 0.5) is 0 Å². The Morgan fingerprint density at radius 2 is 1.88 bits per heavy atom. The Kier molecular flexibility index (Phi) is 5.70. The molecule has 1 aliphatic heterocycles. The molecule has 1 fully saturated rings. The predicted molar refractivity (Wildman–Crippen MR) is 95.8 cm³/mol. The quantitative estimate of drug-likeness (QED) is 0.892. The number of hydrogen-bond donors (Lipinski definition) is 1. The zero-order valence-corrected chi connectivity index (χ0v) is 15.4. The molecule has 0 saturated carbocycles. The lowest BCUT2D eigenvalue weighted by Gasteiger charge is -2.15. The highest BCUT2D eigenvalue weighted by atomic mass is 35.5. The third kappa shape index (κ3) is 3.49. The maximum Gasteiger partial charge on any atom is 0.262 e. The Morgan fingerprint density at radius 1 is 1.21 bits per heavy atom. The molecule has 1 aromatic heterocycles. The summed E-state index contributed by atoms with van der Waals surface area (Å²) in [5.74, 6) is 0.0122. The van der Waals surface area contributed by atoms with Gasteiger partial charge in [-0.05, 0) is 19.4 Å². The number of halogens is 1. The van der Waals surface area contributed by atoms with E-state index in [9.17, 15) is 8.42 Å². The van der Waals surface area contributed by atoms with E-state index < -0.39 is 10.0 Å². The van der Waals surface area contributed by atoms with E-state index in [1.165, 1.54) is 4.31 Å². The average molecular weight is 371 g/mol. The minimum absolute atomic E-state index is 0. The molecule has 2 aromatic rings. The third-order valence-electron chi connectivity index (χ3n) is 4.34. The van der Waals surface area contributed by atoms with Crippen molar-refractivity contribution in [3.05, 3.63) is 48.4 Å². The normalized spacial score (nSPS) is 21.8. The van der Waals surface area contributed by atoms with Gasteiger partial charge in [0.2, 0.25) is 0 Å². The minimum atomic E-state index is -3.60. The molecule has 2 N–H and O–H groups in total. The Balaban J connectivity index is 0.00000208. The molecule has 0 radical (unpaired) electrons. The second-order valence-electron chi connectivity index (χ2n) is 6.26. The predicted octanol–water partition coefficient (Wildman–Crippen LogP) is 2.00. The van der Waals surface area contributed by atoms with E-state index in [0.29, 0.717) is 13.1 Å². The van der Waals surface area contributed by atoms with Crippen LogP contribution in [0.15, 0.2) is 47.9 Å². The van der Waals surface area contributed by atoms with Gasteiger partial charge in [0, 0.05) is 37.3 Å². The average Bonchev–Trinajstić information content (AvgIpc) is 3.15. The van der Waals surface area contributed by atoms with Gasteiger partial charge in [-0.3, -0.25) is 0 Å². The smallest absolute Gasteiger partial charge is 0.262 e. The molecular weight excluding hydrogens is 348 g/mol. The van der Waals surface area contributed by atoms with Gasteiger partial charge in [-0.25, -0.2) is 13.4 Å². The van der Waals surface area contributed by atoms with Gasteiger partial charge in [0.25, 0.3) is 10.0 Å². The Bertz CT molecular complexity index is 776. The van der Waals surface area contributed by atoms with Gasteiger partial charge in [0.15, 0.2) is 5.03 Å². The molecular formula is C16H23ClN4O2S. The van der Waals surface area contributed by atoms with Crippen molar-refractivity contribution in [3.63, 3.8) is 0 Å². The van der Waals surface area contributed by atoms with Gasteiger partial charge in [-0.2, -0.15) is 4.31 Å². The van der Waals surface area contributed by atoms with Crippen LogP contribution in [-0.4, -0.2) is 41.4 Å². The van der Waals surface area contributed by atoms with Gasteiger partial charge in [-0.15, -0.1) is 12.4 Å². The summed E-state index contributed by atoms with van der Waals surface area (Å²) in [7, 11) is -3.60. The summed E-state index contributed by atoms with van der Waals surface area (Å²) in [6, 6.07) is 9.79. The summed E-state index contributed by atoms with van der Waals surface area (Å²) in [4.78, 5) is 4.07. The van der Waals surface area contributed by atoms with Crippen LogP contribution in [-0.2, 0) is 10.0 Å². The summed E-state index contributed by atoms with van der Waals surface area (Å²) >= 11 is 0. The number of sulfonamides is 1. The largest absolute Gasteiger partial charge is 0.334 e. The van der Waals surface area contributed by atoms with Gasteiger partial charge in [0.05, 0.1) is 6.33 Å². The highest BCUT2D eigenvalue weighted by Crippen LogP contribution is 2.30. The van der Waals surface area contributed by atoms with Crippen LogP contribution in [0.2, 0.25) is 0 Å². The minimum Gasteiger partial charge on any atom is -0.334 e. The highest BCUT2D eigenvalue weighted by Gasteiger charge is 2.39. The van der Waals surface area contributed by atoms with Crippen LogP contribution in [0, 0.1) is 0 Å². The van der Waals surface area contributed by atoms with Crippen molar-refractivity contribution in [1.82, 2.24) is 13.9 Å². The van der Waals surface area contributed by atoms with Crippen molar-refractivity contribution in [3.8, 4) is 0 Å². The van der Waals surface area contributed by atoms with Gasteiger partial charge >= 0.3 is 0 Å². The fourth-order valence-corrected chi connectivity index (χ4v) is 4.33. The zero-order chi connectivity index (χ0) is 16.6. The molecule has 1 aliphatic rings. The first-order chi connectivity index (χ1) is 10.9. The van der Waals surface area contributed by atoms with E-state index in [1.54, 1.807) is 17.1 Å². The molecule has 6 nitrogen and oxygen atoms in total. The first-order valence-electron chi connectivity index (χ1n) is 7.73. The van der Waals surface area contributed by atoms with Crippen molar-refractivity contribution < 1.29 is 8.42 Å². The van der Waals surface area contributed by atoms with Gasteiger partial charge in [-0.1, -0.05) is 30.3 Å². The molecule has 1 saturated heterocycles. The van der Waals surface area contributed by atoms with Crippen LogP contribution < -0.4 is 5.73 Å². The number of aromatic nitrogens is 2. The third-order valence-corrected chi connectivity index (χ3v) is 6.06. The molecule has 1 aromatic carbocycles. The van der Waals surface area contributed by atoms with Crippen molar-refractivity contribution in [1.29, 1.82) is 0 Å². The topological polar surface area (TPSA) is 81.2 Å². The standard InChI is InChI=1S/C16H22N4O2S.ClH/c1-12(2)19-10-16(18-11-19)23(21,22)20-8-14(15(17)9-20)13-6-4-3-5-7-13;/h3-7,10-12,14-15H,8-9,17H2,1-2H3;1H/t14-,15+;/m0./s1. The molecule has 3 rings (SSSR count). The first kappa shape index (κ1) is 18.9. The number of imidazole rings is 1. The summed E-state index contributed by atoms with van der Waals surface area (Å²) < 4.78 is 28.8. The van der Waals surface area contributed by atoms with E-state index in [0.717, 1.165) is 5.56 Å². The molecule has 24 heavy (non-hydrogen) atoms. The van der Waals surface area contributed by atoms with Crippen molar-refractivity contribution in [2.24, 2.45) is 5.73 Å². The fourth-order valence-electron chi connectivity index (χ4n) is 2.91. The summed E-state index contributed by atoms with van der Waals surface area (Å²) in [5.41, 5.74) is 7.27. The number of nitrogens with two attached hydrogens (primary N) is 1. The number of hydrogen-bond acceptors (Lipinski definition) is 4. The number of rotatable bonds is 4. The molecule has 2 heterocycles. The molecule has 0 bridgehead atoms.